The smallest absolute Gasteiger partial charge is 0.408 e. The van der Waals surface area contributed by atoms with Crippen molar-refractivity contribution < 1.29 is 38.2 Å². The van der Waals surface area contributed by atoms with Gasteiger partial charge in [-0.2, -0.15) is 0 Å². The predicted octanol–water partition coefficient (Wildman–Crippen LogP) is 4.17. The quantitative estimate of drug-likeness (QED) is 0.158. The lowest BCUT2D eigenvalue weighted by molar-refractivity contribution is -0.157. The van der Waals surface area contributed by atoms with Gasteiger partial charge in [-0.05, 0) is 82.6 Å². The van der Waals surface area contributed by atoms with Crippen molar-refractivity contribution in [2.24, 2.45) is 23.2 Å². The van der Waals surface area contributed by atoms with E-state index in [-0.39, 0.29) is 35.5 Å². The number of rotatable bonds is 13. The third-order valence-electron chi connectivity index (χ3n) is 10.3. The number of benzene rings is 1. The van der Waals surface area contributed by atoms with Crippen LogP contribution in [-0.4, -0.2) is 77.3 Å². The van der Waals surface area contributed by atoms with Gasteiger partial charge in [0.1, 0.15) is 35.9 Å². The summed E-state index contributed by atoms with van der Waals surface area (Å²) in [5.41, 5.74) is -1.19. The Morgan fingerprint density at radius 1 is 0.960 bits per heavy atom. The van der Waals surface area contributed by atoms with Crippen LogP contribution >= 0.6 is 0 Å². The molecule has 1 aromatic rings. The van der Waals surface area contributed by atoms with Gasteiger partial charge in [-0.3, -0.25) is 24.0 Å². The van der Waals surface area contributed by atoms with E-state index in [1.807, 2.05) is 44.2 Å². The van der Waals surface area contributed by atoms with Crippen molar-refractivity contribution in [1.82, 2.24) is 20.9 Å². The summed E-state index contributed by atoms with van der Waals surface area (Å²) >= 11 is 0. The van der Waals surface area contributed by atoms with Crippen LogP contribution in [0.15, 0.2) is 43.0 Å². The molecule has 1 saturated heterocycles. The second-order valence-corrected chi connectivity index (χ2v) is 15.9. The number of nitrogens with one attached hydrogen (secondary N) is 3. The van der Waals surface area contributed by atoms with Crippen LogP contribution in [0.5, 0.6) is 0 Å². The monoisotopic (exact) mass is 694 g/mol. The summed E-state index contributed by atoms with van der Waals surface area (Å²) in [5, 5.41) is 7.86. The fourth-order valence-electron chi connectivity index (χ4n) is 7.55. The number of esters is 1. The number of fused-ring (bicyclic) bond motifs is 1. The summed E-state index contributed by atoms with van der Waals surface area (Å²) in [5.74, 6) is -3.90. The van der Waals surface area contributed by atoms with Gasteiger partial charge < -0.3 is 30.3 Å². The second-order valence-electron chi connectivity index (χ2n) is 15.9. The predicted molar refractivity (Wildman–Crippen MR) is 186 cm³/mol. The minimum atomic E-state index is -1.27. The third-order valence-corrected chi connectivity index (χ3v) is 10.3. The number of alkyl carbamates (subject to hydrolysis) is 1. The zero-order valence-electron chi connectivity index (χ0n) is 30.5. The Bertz CT molecular complexity index is 1460. The van der Waals surface area contributed by atoms with Crippen LogP contribution in [0, 0.1) is 23.2 Å². The standard InChI is InChI=1S/C38H54N4O8/c1-9-16-26(31(44)33(46)39-21-27(43)49-38(7,8)24-19-14-11-15-20-24)40-32(45)30-28-25(37(28,5)6)22-42(30)34(47)29(23-17-12-10-13-18-23)41-35(48)50-36(2,3)4/h9,11,14-15,19-20,23,25-26,28-30H,1,10,12-13,16-18,21-22H2,2-8H3,(H,39,46)(H,40,45)(H,41,48)/t25?,26?,28-,29-,30-/m0/s1. The molecule has 1 aliphatic heterocycles. The molecule has 0 aromatic heterocycles. The molecule has 4 rings (SSSR count). The van der Waals surface area contributed by atoms with Gasteiger partial charge >= 0.3 is 12.1 Å². The van der Waals surface area contributed by atoms with Crippen LogP contribution in [0.3, 0.4) is 0 Å². The first kappa shape index (κ1) is 38.6. The lowest BCUT2D eigenvalue weighted by Crippen LogP contribution is -2.60. The molecule has 1 aromatic carbocycles. The molecule has 3 N–H and O–H groups in total. The molecule has 2 saturated carbocycles. The molecule has 0 spiro atoms. The number of carbonyl (C=O) groups excluding carboxylic acids is 6. The van der Waals surface area contributed by atoms with Crippen LogP contribution in [0.2, 0.25) is 0 Å². The highest BCUT2D eigenvalue weighted by atomic mass is 16.6. The first-order chi connectivity index (χ1) is 23.4. The highest BCUT2D eigenvalue weighted by Crippen LogP contribution is 2.65. The van der Waals surface area contributed by atoms with E-state index in [0.717, 1.165) is 37.7 Å². The summed E-state index contributed by atoms with van der Waals surface area (Å²) in [6.07, 6.45) is 5.11. The molecule has 12 heteroatoms. The van der Waals surface area contributed by atoms with Gasteiger partial charge in [0.25, 0.3) is 5.91 Å². The molecule has 0 radical (unpaired) electrons. The fourth-order valence-corrected chi connectivity index (χ4v) is 7.55. The van der Waals surface area contributed by atoms with Crippen molar-refractivity contribution in [2.45, 2.75) is 116 Å². The third kappa shape index (κ3) is 9.11. The minimum Gasteiger partial charge on any atom is -0.453 e. The van der Waals surface area contributed by atoms with Crippen molar-refractivity contribution in [2.75, 3.05) is 13.1 Å². The number of Topliss-reactive ketones (excluding diaryl/α,β-unsaturated/α-hetero) is 1. The number of ether oxygens (including phenoxy) is 2. The summed E-state index contributed by atoms with van der Waals surface area (Å²) in [4.78, 5) is 81.7. The minimum absolute atomic E-state index is 0.0491. The number of likely N-dealkylation sites (tertiary alicyclic amines) is 1. The Kier molecular flexibility index (Phi) is 11.8. The first-order valence-corrected chi connectivity index (χ1v) is 17.7. The second kappa shape index (κ2) is 15.3. The molecule has 5 atom stereocenters. The summed E-state index contributed by atoms with van der Waals surface area (Å²) < 4.78 is 11.1. The Balaban J connectivity index is 1.45. The van der Waals surface area contributed by atoms with Crippen LogP contribution in [0.1, 0.15) is 92.6 Å². The number of hydrogen-bond donors (Lipinski definition) is 3. The van der Waals surface area contributed by atoms with E-state index >= 15 is 0 Å². The summed E-state index contributed by atoms with van der Waals surface area (Å²) in [7, 11) is 0. The van der Waals surface area contributed by atoms with Gasteiger partial charge in [0.15, 0.2) is 0 Å². The van der Waals surface area contributed by atoms with Crippen molar-refractivity contribution in [3.63, 3.8) is 0 Å². The molecular formula is C38H54N4O8. The van der Waals surface area contributed by atoms with Crippen LogP contribution in [-0.2, 0) is 39.0 Å². The van der Waals surface area contributed by atoms with E-state index in [2.05, 4.69) is 22.5 Å². The Morgan fingerprint density at radius 3 is 2.20 bits per heavy atom. The molecular weight excluding hydrogens is 640 g/mol. The Hall–Kier alpha value is -4.22. The average Bonchev–Trinajstić information content (AvgIpc) is 3.36. The molecule has 12 nitrogen and oxygen atoms in total. The largest absolute Gasteiger partial charge is 0.453 e. The zero-order chi connectivity index (χ0) is 37.0. The van der Waals surface area contributed by atoms with E-state index in [0.29, 0.717) is 6.54 Å². The molecule has 50 heavy (non-hydrogen) atoms. The first-order valence-electron chi connectivity index (χ1n) is 17.7. The average molecular weight is 695 g/mol. The summed E-state index contributed by atoms with van der Waals surface area (Å²) in [6, 6.07) is 6.06. The molecule has 0 bridgehead atoms. The number of nitrogens with zero attached hydrogens (tertiary/aromatic N) is 1. The number of hydrogen-bond acceptors (Lipinski definition) is 8. The van der Waals surface area contributed by atoms with Gasteiger partial charge in [0, 0.05) is 6.54 Å². The molecule has 2 aliphatic carbocycles. The molecule has 3 aliphatic rings. The van der Waals surface area contributed by atoms with Crippen molar-refractivity contribution in [3.05, 3.63) is 48.6 Å². The van der Waals surface area contributed by atoms with Gasteiger partial charge in [-0.15, -0.1) is 6.58 Å². The van der Waals surface area contributed by atoms with Gasteiger partial charge in [-0.25, -0.2) is 4.79 Å². The van der Waals surface area contributed by atoms with Crippen molar-refractivity contribution in [3.8, 4) is 0 Å². The molecule has 1 heterocycles. The molecule has 2 unspecified atom stereocenters. The topological polar surface area (TPSA) is 160 Å². The fraction of sp³-hybridized carbons (Fsp3) is 0.632. The summed E-state index contributed by atoms with van der Waals surface area (Å²) in [6.45, 7) is 16.2. The number of carbonyl (C=O) groups is 6. The van der Waals surface area contributed by atoms with Crippen molar-refractivity contribution in [1.29, 1.82) is 0 Å². The molecule has 274 valence electrons. The molecule has 3 fully saturated rings. The Labute approximate surface area is 295 Å². The van der Waals surface area contributed by atoms with E-state index < -0.39 is 65.5 Å². The lowest BCUT2D eigenvalue weighted by atomic mass is 9.83. The SMILES string of the molecule is C=CCC(NC(=O)[C@@H]1[C@@H]2C(CN1C(=O)[C@@H](NC(=O)OC(C)(C)C)C1CCCCC1)C2(C)C)C(=O)C(=O)NCC(=O)OC(C)(C)c1ccccc1. The van der Waals surface area contributed by atoms with Gasteiger partial charge in [0.05, 0.1) is 0 Å². The highest BCUT2D eigenvalue weighted by molar-refractivity contribution is 6.38. The van der Waals surface area contributed by atoms with Gasteiger partial charge in [-0.1, -0.05) is 69.5 Å². The normalized spacial score (nSPS) is 22.6. The zero-order valence-corrected chi connectivity index (χ0v) is 30.5. The van der Waals surface area contributed by atoms with Crippen molar-refractivity contribution >= 4 is 35.6 Å². The van der Waals surface area contributed by atoms with E-state index in [9.17, 15) is 28.8 Å². The molecule has 4 amide bonds. The maximum absolute atomic E-state index is 14.3. The van der Waals surface area contributed by atoms with E-state index in [1.165, 1.54) is 11.0 Å². The number of amides is 4. The highest BCUT2D eigenvalue weighted by Gasteiger charge is 2.69. The number of ketones is 1. The van der Waals surface area contributed by atoms with Gasteiger partial charge in [0.2, 0.25) is 17.6 Å². The number of piperidine rings is 1. The van der Waals surface area contributed by atoms with Crippen LogP contribution in [0.4, 0.5) is 4.79 Å². The van der Waals surface area contributed by atoms with E-state index in [4.69, 9.17) is 9.47 Å². The van der Waals surface area contributed by atoms with Crippen LogP contribution in [0.25, 0.3) is 0 Å². The Morgan fingerprint density at radius 2 is 1.60 bits per heavy atom. The van der Waals surface area contributed by atoms with E-state index in [1.54, 1.807) is 34.6 Å². The van der Waals surface area contributed by atoms with Crippen LogP contribution < -0.4 is 16.0 Å². The maximum atomic E-state index is 14.3. The maximum Gasteiger partial charge on any atom is 0.408 e. The lowest BCUT2D eigenvalue weighted by Gasteiger charge is -2.37.